The second-order valence-electron chi connectivity index (χ2n) is 5.80. The zero-order valence-corrected chi connectivity index (χ0v) is 16.5. The molecule has 25 heavy (non-hydrogen) atoms. The van der Waals surface area contributed by atoms with Gasteiger partial charge in [0.2, 0.25) is 0 Å². The minimum atomic E-state index is -0.542. The maximum atomic E-state index is 12.7. The Morgan fingerprint density at radius 2 is 1.92 bits per heavy atom. The van der Waals surface area contributed by atoms with Crippen LogP contribution in [0.5, 0.6) is 0 Å². The van der Waals surface area contributed by atoms with Crippen molar-refractivity contribution in [3.63, 3.8) is 0 Å². The fraction of sp³-hybridized carbons (Fsp3) is 0.389. The number of carbonyl (C=O) groups excluding carboxylic acids is 3. The summed E-state index contributed by atoms with van der Waals surface area (Å²) in [6.07, 6.45) is 2.08. The molecule has 0 heterocycles. The third-order valence-corrected chi connectivity index (χ3v) is 4.54. The van der Waals surface area contributed by atoms with E-state index in [1.54, 1.807) is 13.2 Å². The van der Waals surface area contributed by atoms with Crippen LogP contribution in [0.3, 0.4) is 0 Å². The smallest absolute Gasteiger partial charge is 0.337 e. The van der Waals surface area contributed by atoms with Crippen LogP contribution in [0.25, 0.3) is 0 Å². The van der Waals surface area contributed by atoms with E-state index in [-0.39, 0.29) is 40.0 Å². The first-order chi connectivity index (χ1) is 11.7. The van der Waals surface area contributed by atoms with Gasteiger partial charge in [0.05, 0.1) is 29.0 Å². The lowest BCUT2D eigenvalue weighted by Gasteiger charge is -2.13. The molecule has 136 valence electrons. The third kappa shape index (κ3) is 5.90. The largest absolute Gasteiger partial charge is 0.465 e. The lowest BCUT2D eigenvalue weighted by molar-refractivity contribution is -0.120. The minimum absolute atomic E-state index is 0.112. The van der Waals surface area contributed by atoms with E-state index in [2.05, 4.69) is 10.1 Å². The van der Waals surface area contributed by atoms with Gasteiger partial charge >= 0.3 is 5.97 Å². The lowest BCUT2D eigenvalue weighted by atomic mass is 10.0. The van der Waals surface area contributed by atoms with Crippen LogP contribution < -0.4 is 5.32 Å². The Kier molecular flexibility index (Phi) is 8.19. The van der Waals surface area contributed by atoms with Crippen LogP contribution in [0.1, 0.15) is 37.6 Å². The van der Waals surface area contributed by atoms with Crippen LogP contribution in [-0.4, -0.2) is 31.0 Å². The van der Waals surface area contributed by atoms with Crippen molar-refractivity contribution in [1.29, 1.82) is 0 Å². The second kappa shape index (κ2) is 9.63. The number of hydrogen-bond acceptors (Lipinski definition) is 5. The van der Waals surface area contributed by atoms with Crippen LogP contribution in [0, 0.1) is 5.92 Å². The highest BCUT2D eigenvalue weighted by Gasteiger charge is 2.23. The number of amides is 1. The summed E-state index contributed by atoms with van der Waals surface area (Å²) in [7, 11) is 1.27. The molecule has 0 aromatic heterocycles. The van der Waals surface area contributed by atoms with E-state index in [0.717, 1.165) is 0 Å². The summed E-state index contributed by atoms with van der Waals surface area (Å²) >= 11 is 7.43. The SMILES string of the molecule is COC(=O)c1ccc(Cl)c(NC(=O)/C(C(=O)CC(C)C)=C(\C)SC)c1. The second-order valence-corrected chi connectivity index (χ2v) is 7.22. The lowest BCUT2D eigenvalue weighted by Crippen LogP contribution is -2.23. The number of allylic oxidation sites excluding steroid dienone is 1. The molecule has 1 aromatic rings. The van der Waals surface area contributed by atoms with Gasteiger partial charge < -0.3 is 10.1 Å². The van der Waals surface area contributed by atoms with Crippen molar-refractivity contribution in [1.82, 2.24) is 0 Å². The first-order valence-corrected chi connectivity index (χ1v) is 9.28. The minimum Gasteiger partial charge on any atom is -0.465 e. The fourth-order valence-electron chi connectivity index (χ4n) is 2.11. The molecule has 0 unspecified atom stereocenters. The number of thioether (sulfide) groups is 1. The monoisotopic (exact) mass is 383 g/mol. The molecule has 0 fully saturated rings. The number of rotatable bonds is 7. The Bertz CT molecular complexity index is 713. The molecule has 0 bridgehead atoms. The van der Waals surface area contributed by atoms with Crippen LogP contribution >= 0.6 is 23.4 Å². The Hall–Kier alpha value is -1.79. The zero-order valence-electron chi connectivity index (χ0n) is 14.9. The molecule has 1 rings (SSSR count). The summed E-state index contributed by atoms with van der Waals surface area (Å²) in [5.74, 6) is -1.17. The Labute approximate surface area is 157 Å². The topological polar surface area (TPSA) is 72.5 Å². The van der Waals surface area contributed by atoms with Gasteiger partial charge in [-0.1, -0.05) is 25.4 Å². The van der Waals surface area contributed by atoms with Gasteiger partial charge in [-0.25, -0.2) is 4.79 Å². The van der Waals surface area contributed by atoms with E-state index in [1.165, 1.54) is 37.1 Å². The van der Waals surface area contributed by atoms with E-state index in [0.29, 0.717) is 4.91 Å². The van der Waals surface area contributed by atoms with Gasteiger partial charge in [0.1, 0.15) is 0 Å². The number of esters is 1. The highest BCUT2D eigenvalue weighted by atomic mass is 35.5. The van der Waals surface area contributed by atoms with Gasteiger partial charge in [0.15, 0.2) is 5.78 Å². The summed E-state index contributed by atoms with van der Waals surface area (Å²) in [4.78, 5) is 37.4. The number of benzene rings is 1. The van der Waals surface area contributed by atoms with Crippen molar-refractivity contribution in [2.24, 2.45) is 5.92 Å². The normalized spacial score (nSPS) is 11.8. The van der Waals surface area contributed by atoms with Crippen molar-refractivity contribution < 1.29 is 19.1 Å². The molecule has 0 radical (unpaired) electrons. The third-order valence-electron chi connectivity index (χ3n) is 3.39. The van der Waals surface area contributed by atoms with E-state index >= 15 is 0 Å². The van der Waals surface area contributed by atoms with Gasteiger partial charge in [-0.15, -0.1) is 11.8 Å². The number of anilines is 1. The van der Waals surface area contributed by atoms with E-state index in [4.69, 9.17) is 11.6 Å². The van der Waals surface area contributed by atoms with Crippen molar-refractivity contribution in [2.45, 2.75) is 27.2 Å². The number of hydrogen-bond donors (Lipinski definition) is 1. The number of carbonyl (C=O) groups is 3. The Morgan fingerprint density at radius 1 is 1.28 bits per heavy atom. The maximum absolute atomic E-state index is 12.7. The summed E-state index contributed by atoms with van der Waals surface area (Å²) < 4.78 is 4.66. The average Bonchev–Trinajstić information content (AvgIpc) is 2.55. The number of Topliss-reactive ketones (excluding diaryl/α,β-unsaturated/α-hetero) is 1. The van der Waals surface area contributed by atoms with Crippen molar-refractivity contribution in [3.8, 4) is 0 Å². The summed E-state index contributed by atoms with van der Waals surface area (Å²) in [5.41, 5.74) is 0.613. The molecule has 0 aliphatic rings. The van der Waals surface area contributed by atoms with E-state index in [9.17, 15) is 14.4 Å². The Balaban J connectivity index is 3.17. The molecule has 0 saturated heterocycles. The number of ketones is 1. The van der Waals surface area contributed by atoms with Crippen LogP contribution in [-0.2, 0) is 14.3 Å². The number of ether oxygens (including phenoxy) is 1. The quantitative estimate of drug-likeness (QED) is 0.328. The summed E-state index contributed by atoms with van der Waals surface area (Å²) in [6, 6.07) is 4.41. The van der Waals surface area contributed by atoms with Gasteiger partial charge in [-0.2, -0.15) is 0 Å². The fourth-order valence-corrected chi connectivity index (χ4v) is 2.68. The number of nitrogens with one attached hydrogen (secondary N) is 1. The summed E-state index contributed by atoms with van der Waals surface area (Å²) in [5, 5.41) is 2.89. The number of methoxy groups -OCH3 is 1. The molecule has 5 nitrogen and oxygen atoms in total. The highest BCUT2D eigenvalue weighted by Crippen LogP contribution is 2.26. The van der Waals surface area contributed by atoms with Gasteiger partial charge in [-0.3, -0.25) is 9.59 Å². The molecule has 1 amide bonds. The first kappa shape index (κ1) is 21.3. The molecule has 0 aliphatic carbocycles. The van der Waals surface area contributed by atoms with Crippen molar-refractivity contribution >= 4 is 46.7 Å². The Morgan fingerprint density at radius 3 is 2.44 bits per heavy atom. The molecule has 1 N–H and O–H groups in total. The van der Waals surface area contributed by atoms with Crippen LogP contribution in [0.15, 0.2) is 28.7 Å². The van der Waals surface area contributed by atoms with Gasteiger partial charge in [0, 0.05) is 6.42 Å². The molecule has 0 atom stereocenters. The molecule has 0 spiro atoms. The molecule has 7 heteroatoms. The zero-order chi connectivity index (χ0) is 19.1. The highest BCUT2D eigenvalue weighted by molar-refractivity contribution is 8.02. The first-order valence-electron chi connectivity index (χ1n) is 7.68. The molecule has 0 aliphatic heterocycles. The van der Waals surface area contributed by atoms with Gasteiger partial charge in [-0.05, 0) is 42.2 Å². The molecule has 0 saturated carbocycles. The predicted octanol–water partition coefficient (Wildman–Crippen LogP) is 4.32. The van der Waals surface area contributed by atoms with E-state index < -0.39 is 11.9 Å². The van der Waals surface area contributed by atoms with Crippen LogP contribution in [0.2, 0.25) is 5.02 Å². The average molecular weight is 384 g/mol. The van der Waals surface area contributed by atoms with Crippen molar-refractivity contribution in [3.05, 3.63) is 39.3 Å². The maximum Gasteiger partial charge on any atom is 0.337 e. The standard InChI is InChI=1S/C18H22ClNO4S/c1-10(2)8-15(21)16(11(3)25-5)17(22)20-14-9-12(18(23)24-4)6-7-13(14)19/h6-7,9-10H,8H2,1-5H3,(H,20,22)/b16-11+. The summed E-state index contributed by atoms with van der Waals surface area (Å²) in [6.45, 7) is 5.56. The number of halogens is 1. The molecular weight excluding hydrogens is 362 g/mol. The van der Waals surface area contributed by atoms with Crippen LogP contribution in [0.4, 0.5) is 5.69 Å². The molecular formula is C18H22ClNO4S. The van der Waals surface area contributed by atoms with E-state index in [1.807, 2.05) is 13.8 Å². The van der Waals surface area contributed by atoms with Crippen molar-refractivity contribution in [2.75, 3.05) is 18.7 Å². The molecule has 1 aromatic carbocycles. The van der Waals surface area contributed by atoms with Gasteiger partial charge in [0.25, 0.3) is 5.91 Å². The predicted molar refractivity (Wildman–Crippen MR) is 102 cm³/mol.